The summed E-state index contributed by atoms with van der Waals surface area (Å²) >= 11 is 4.93. The molecule has 0 radical (unpaired) electrons. The number of hydrogen-bond acceptors (Lipinski definition) is 3. The van der Waals surface area contributed by atoms with Gasteiger partial charge in [0, 0.05) is 21.0 Å². The van der Waals surface area contributed by atoms with Crippen LogP contribution in [-0.4, -0.2) is 11.5 Å². The molecule has 5 heteroatoms. The molecule has 2 nitrogen and oxygen atoms in total. The van der Waals surface area contributed by atoms with Crippen LogP contribution < -0.4 is 5.32 Å². The number of aromatic nitrogens is 1. The van der Waals surface area contributed by atoms with E-state index in [1.807, 2.05) is 6.07 Å². The highest BCUT2D eigenvalue weighted by molar-refractivity contribution is 9.10. The summed E-state index contributed by atoms with van der Waals surface area (Å²) < 4.78 is 14.9. The highest BCUT2D eigenvalue weighted by Gasteiger charge is 2.25. The molecule has 1 aliphatic carbocycles. The van der Waals surface area contributed by atoms with Gasteiger partial charge in [-0.05, 0) is 50.4 Å². The number of aryl methyl sites for hydroxylation is 1. The molecule has 0 aliphatic heterocycles. The van der Waals surface area contributed by atoms with Crippen LogP contribution in [0, 0.1) is 5.82 Å². The molecule has 3 rings (SSSR count). The molecule has 2 aromatic rings. The zero-order chi connectivity index (χ0) is 14.8. The van der Waals surface area contributed by atoms with Crippen molar-refractivity contribution >= 4 is 27.3 Å². The van der Waals surface area contributed by atoms with Crippen LogP contribution >= 0.6 is 27.3 Å². The summed E-state index contributed by atoms with van der Waals surface area (Å²) in [6.45, 7) is 3.19. The van der Waals surface area contributed by atoms with Gasteiger partial charge in [0.15, 0.2) is 0 Å². The second-order valence-electron chi connectivity index (χ2n) is 5.35. The summed E-state index contributed by atoms with van der Waals surface area (Å²) in [5.74, 6) is -0.214. The average Bonchev–Trinajstić information content (AvgIpc) is 2.89. The van der Waals surface area contributed by atoms with Crippen molar-refractivity contribution in [3.63, 3.8) is 0 Å². The Kier molecular flexibility index (Phi) is 4.72. The first-order valence-corrected chi connectivity index (χ1v) is 8.98. The van der Waals surface area contributed by atoms with Crippen molar-refractivity contribution in [3.8, 4) is 10.6 Å². The third-order valence-electron chi connectivity index (χ3n) is 3.75. The lowest BCUT2D eigenvalue weighted by Gasteiger charge is -2.22. The lowest BCUT2D eigenvalue weighted by atomic mass is 9.98. The summed E-state index contributed by atoms with van der Waals surface area (Å²) in [4.78, 5) is 5.99. The number of halogens is 2. The molecule has 0 saturated heterocycles. The quantitative estimate of drug-likeness (QED) is 0.812. The normalized spacial score (nSPS) is 17.8. The third kappa shape index (κ3) is 3.20. The monoisotopic (exact) mass is 368 g/mol. The molecule has 1 N–H and O–H groups in total. The third-order valence-corrected chi connectivity index (χ3v) is 5.49. The summed E-state index contributed by atoms with van der Waals surface area (Å²) in [6.07, 6.45) is 4.44. The van der Waals surface area contributed by atoms with Gasteiger partial charge in [0.1, 0.15) is 10.8 Å². The number of benzene rings is 1. The fraction of sp³-hybridized carbons (Fsp3) is 0.438. The van der Waals surface area contributed by atoms with E-state index in [-0.39, 0.29) is 5.82 Å². The molecule has 0 amide bonds. The van der Waals surface area contributed by atoms with Crippen LogP contribution in [0.3, 0.4) is 0 Å². The summed E-state index contributed by atoms with van der Waals surface area (Å²) in [5, 5.41) is 4.39. The van der Waals surface area contributed by atoms with E-state index in [1.165, 1.54) is 10.9 Å². The highest BCUT2D eigenvalue weighted by Crippen LogP contribution is 2.38. The van der Waals surface area contributed by atoms with Crippen molar-refractivity contribution in [1.29, 1.82) is 0 Å². The van der Waals surface area contributed by atoms with E-state index in [0.29, 0.717) is 11.6 Å². The minimum absolute atomic E-state index is 0.214. The molecule has 0 spiro atoms. The molecule has 1 atom stereocenters. The number of fused-ring (bicyclic) bond motifs is 1. The van der Waals surface area contributed by atoms with E-state index in [2.05, 4.69) is 28.2 Å². The zero-order valence-electron chi connectivity index (χ0n) is 12.0. The molecule has 1 aromatic carbocycles. The standard InChI is InChI=1S/C16H18BrFN2S/c1-2-8-19-13-4-3-5-14-15(13)21-16(20-14)11-7-6-10(17)9-12(11)18/h6-7,9,13,19H,2-5,8H2,1H3. The van der Waals surface area contributed by atoms with Gasteiger partial charge in [0.2, 0.25) is 0 Å². The van der Waals surface area contributed by atoms with Crippen LogP contribution in [0.25, 0.3) is 10.6 Å². The van der Waals surface area contributed by atoms with Gasteiger partial charge in [-0.3, -0.25) is 0 Å². The average molecular weight is 369 g/mol. The summed E-state index contributed by atoms with van der Waals surface area (Å²) in [7, 11) is 0. The molecule has 112 valence electrons. The van der Waals surface area contributed by atoms with Crippen molar-refractivity contribution in [2.45, 2.75) is 38.6 Å². The summed E-state index contributed by atoms with van der Waals surface area (Å²) in [6, 6.07) is 5.56. The Bertz CT molecular complexity index is 641. The van der Waals surface area contributed by atoms with Crippen LogP contribution in [0.1, 0.15) is 42.8 Å². The maximum Gasteiger partial charge on any atom is 0.134 e. The Hall–Kier alpha value is -0.780. The number of rotatable bonds is 4. The molecule has 0 fully saturated rings. The van der Waals surface area contributed by atoms with Gasteiger partial charge in [-0.2, -0.15) is 0 Å². The van der Waals surface area contributed by atoms with Crippen LogP contribution in [-0.2, 0) is 6.42 Å². The van der Waals surface area contributed by atoms with Crippen LogP contribution in [0.2, 0.25) is 0 Å². The van der Waals surface area contributed by atoms with E-state index in [1.54, 1.807) is 17.4 Å². The Morgan fingerprint density at radius 3 is 3.10 bits per heavy atom. The van der Waals surface area contributed by atoms with E-state index in [9.17, 15) is 4.39 Å². The maximum absolute atomic E-state index is 14.1. The lowest BCUT2D eigenvalue weighted by Crippen LogP contribution is -2.24. The topological polar surface area (TPSA) is 24.9 Å². The van der Waals surface area contributed by atoms with Crippen LogP contribution in [0.15, 0.2) is 22.7 Å². The molecule has 0 saturated carbocycles. The van der Waals surface area contributed by atoms with Crippen molar-refractivity contribution in [1.82, 2.24) is 10.3 Å². The van der Waals surface area contributed by atoms with E-state index >= 15 is 0 Å². The fourth-order valence-corrected chi connectivity index (χ4v) is 4.29. The lowest BCUT2D eigenvalue weighted by molar-refractivity contribution is 0.465. The SMILES string of the molecule is CCCNC1CCCc2nc(-c3ccc(Br)cc3F)sc21. The number of nitrogens with zero attached hydrogens (tertiary/aromatic N) is 1. The molecular weight excluding hydrogens is 351 g/mol. The Balaban J connectivity index is 1.94. The predicted molar refractivity (Wildman–Crippen MR) is 89.2 cm³/mol. The van der Waals surface area contributed by atoms with E-state index < -0.39 is 0 Å². The molecular formula is C16H18BrFN2S. The number of hydrogen-bond donors (Lipinski definition) is 1. The van der Waals surface area contributed by atoms with Crippen LogP contribution in [0.4, 0.5) is 4.39 Å². The minimum atomic E-state index is -0.214. The second kappa shape index (κ2) is 6.55. The largest absolute Gasteiger partial charge is 0.309 e. The number of nitrogens with one attached hydrogen (secondary N) is 1. The number of thiazole rings is 1. The van der Waals surface area contributed by atoms with Crippen LogP contribution in [0.5, 0.6) is 0 Å². The molecule has 21 heavy (non-hydrogen) atoms. The fourth-order valence-electron chi connectivity index (χ4n) is 2.71. The molecule has 1 unspecified atom stereocenters. The first-order chi connectivity index (χ1) is 10.2. The summed E-state index contributed by atoms with van der Waals surface area (Å²) in [5.41, 5.74) is 1.75. The smallest absolute Gasteiger partial charge is 0.134 e. The highest BCUT2D eigenvalue weighted by atomic mass is 79.9. The van der Waals surface area contributed by atoms with E-state index in [4.69, 9.17) is 4.98 Å². The zero-order valence-corrected chi connectivity index (χ0v) is 14.4. The Labute approximate surface area is 136 Å². The van der Waals surface area contributed by atoms with E-state index in [0.717, 1.165) is 47.4 Å². The Morgan fingerprint density at radius 1 is 1.48 bits per heavy atom. The van der Waals surface area contributed by atoms with Crippen molar-refractivity contribution < 1.29 is 4.39 Å². The minimum Gasteiger partial charge on any atom is -0.309 e. The van der Waals surface area contributed by atoms with Crippen molar-refractivity contribution in [2.75, 3.05) is 6.54 Å². The van der Waals surface area contributed by atoms with Gasteiger partial charge in [0.05, 0.1) is 5.69 Å². The molecule has 1 heterocycles. The second-order valence-corrected chi connectivity index (χ2v) is 7.30. The predicted octanol–water partition coefficient (Wildman–Crippen LogP) is 5.09. The maximum atomic E-state index is 14.1. The molecule has 0 bridgehead atoms. The Morgan fingerprint density at radius 2 is 2.33 bits per heavy atom. The van der Waals surface area contributed by atoms with Gasteiger partial charge in [-0.1, -0.05) is 22.9 Å². The van der Waals surface area contributed by atoms with Gasteiger partial charge < -0.3 is 5.32 Å². The van der Waals surface area contributed by atoms with Gasteiger partial charge in [-0.15, -0.1) is 11.3 Å². The first kappa shape index (κ1) is 15.1. The van der Waals surface area contributed by atoms with Gasteiger partial charge in [0.25, 0.3) is 0 Å². The molecule has 1 aromatic heterocycles. The van der Waals surface area contributed by atoms with Gasteiger partial charge >= 0.3 is 0 Å². The molecule has 1 aliphatic rings. The van der Waals surface area contributed by atoms with Gasteiger partial charge in [-0.25, -0.2) is 9.37 Å². The van der Waals surface area contributed by atoms with Crippen molar-refractivity contribution in [2.24, 2.45) is 0 Å². The van der Waals surface area contributed by atoms with Crippen molar-refractivity contribution in [3.05, 3.63) is 39.1 Å². The first-order valence-electron chi connectivity index (χ1n) is 7.37.